The summed E-state index contributed by atoms with van der Waals surface area (Å²) in [6.07, 6.45) is 1.56. The number of imidazole rings is 1. The number of rotatable bonds is 7. The van der Waals surface area contributed by atoms with Gasteiger partial charge in [-0.1, -0.05) is 37.6 Å². The molecular formula is C19H19ClN4O4S. The number of non-ortho nitro benzene ring substituents is 1. The van der Waals surface area contributed by atoms with E-state index < -0.39 is 14.9 Å². The van der Waals surface area contributed by atoms with Crippen LogP contribution in [0.25, 0.3) is 22.1 Å². The molecule has 1 N–H and O–H groups in total. The van der Waals surface area contributed by atoms with Crippen LogP contribution in [0.5, 0.6) is 0 Å². The standard InChI is InChI=1S/C19H19ClN4O4S/c1-3-23(4-2)29(27,28)15-8-9-17-18(12-15)22-19(21-17)16(20)11-13-6-5-7-14(10-13)24(25)26/h5-12H,3-4H2,1-2H3,(H,21,22). The number of aromatic nitrogens is 2. The zero-order valence-corrected chi connectivity index (χ0v) is 17.4. The lowest BCUT2D eigenvalue weighted by Crippen LogP contribution is -2.30. The number of aromatic amines is 1. The van der Waals surface area contributed by atoms with E-state index in [1.807, 2.05) is 0 Å². The predicted molar refractivity (Wildman–Crippen MR) is 113 cm³/mol. The van der Waals surface area contributed by atoms with E-state index in [-0.39, 0.29) is 15.6 Å². The molecule has 0 unspecified atom stereocenters. The van der Waals surface area contributed by atoms with Gasteiger partial charge in [-0.05, 0) is 29.8 Å². The van der Waals surface area contributed by atoms with E-state index in [1.54, 1.807) is 38.1 Å². The van der Waals surface area contributed by atoms with Crippen molar-refractivity contribution in [3.8, 4) is 0 Å². The van der Waals surface area contributed by atoms with Crippen LogP contribution >= 0.6 is 11.6 Å². The van der Waals surface area contributed by atoms with E-state index in [1.165, 1.54) is 28.6 Å². The zero-order valence-electron chi connectivity index (χ0n) is 15.8. The molecule has 0 aliphatic rings. The summed E-state index contributed by atoms with van der Waals surface area (Å²) in [7, 11) is -3.59. The molecular weight excluding hydrogens is 416 g/mol. The number of H-pyrrole nitrogens is 1. The lowest BCUT2D eigenvalue weighted by molar-refractivity contribution is -0.384. The largest absolute Gasteiger partial charge is 0.337 e. The van der Waals surface area contributed by atoms with Gasteiger partial charge in [0.2, 0.25) is 10.0 Å². The summed E-state index contributed by atoms with van der Waals surface area (Å²) in [5.41, 5.74) is 1.59. The van der Waals surface area contributed by atoms with Crippen LogP contribution in [0.1, 0.15) is 25.2 Å². The van der Waals surface area contributed by atoms with E-state index >= 15 is 0 Å². The maximum absolute atomic E-state index is 12.7. The number of benzene rings is 2. The lowest BCUT2D eigenvalue weighted by atomic mass is 10.2. The number of nitrogens with zero attached hydrogens (tertiary/aromatic N) is 3. The Morgan fingerprint density at radius 1 is 1.24 bits per heavy atom. The van der Waals surface area contributed by atoms with E-state index in [4.69, 9.17) is 11.6 Å². The van der Waals surface area contributed by atoms with E-state index in [2.05, 4.69) is 9.97 Å². The molecule has 0 saturated carbocycles. The van der Waals surface area contributed by atoms with Crippen LogP contribution in [0.3, 0.4) is 0 Å². The van der Waals surface area contributed by atoms with Crippen LogP contribution in [-0.4, -0.2) is 40.7 Å². The third-order valence-corrected chi connectivity index (χ3v) is 6.73. The van der Waals surface area contributed by atoms with E-state index in [0.29, 0.717) is 35.5 Å². The fourth-order valence-electron chi connectivity index (χ4n) is 2.92. The zero-order chi connectivity index (χ0) is 21.2. The first-order chi connectivity index (χ1) is 13.8. The minimum Gasteiger partial charge on any atom is -0.337 e. The molecule has 0 bridgehead atoms. The van der Waals surface area contributed by atoms with Gasteiger partial charge in [0.15, 0.2) is 0 Å². The predicted octanol–water partition coefficient (Wildman–Crippen LogP) is 4.24. The highest BCUT2D eigenvalue weighted by Crippen LogP contribution is 2.26. The second-order valence-electron chi connectivity index (χ2n) is 6.20. The summed E-state index contributed by atoms with van der Waals surface area (Å²) in [5, 5.41) is 11.2. The van der Waals surface area contributed by atoms with Gasteiger partial charge in [0.05, 0.1) is 25.9 Å². The van der Waals surface area contributed by atoms with Crippen LogP contribution < -0.4 is 0 Å². The Balaban J connectivity index is 1.98. The summed E-state index contributed by atoms with van der Waals surface area (Å²) >= 11 is 6.34. The minimum absolute atomic E-state index is 0.0425. The first kappa shape index (κ1) is 21.0. The molecule has 10 heteroatoms. The molecule has 0 spiro atoms. The number of sulfonamides is 1. The molecule has 0 aliphatic heterocycles. The smallest absolute Gasteiger partial charge is 0.270 e. The van der Waals surface area contributed by atoms with E-state index in [9.17, 15) is 18.5 Å². The number of fused-ring (bicyclic) bond motifs is 1. The van der Waals surface area contributed by atoms with Gasteiger partial charge < -0.3 is 4.98 Å². The van der Waals surface area contributed by atoms with Crippen LogP contribution in [-0.2, 0) is 10.0 Å². The van der Waals surface area contributed by atoms with Gasteiger partial charge in [0.1, 0.15) is 5.82 Å². The number of halogens is 1. The molecule has 3 aromatic rings. The minimum atomic E-state index is -3.59. The number of nitro benzene ring substituents is 1. The number of hydrogen-bond donors (Lipinski definition) is 1. The highest BCUT2D eigenvalue weighted by atomic mass is 35.5. The quantitative estimate of drug-likeness (QED) is 0.441. The van der Waals surface area contributed by atoms with Crippen molar-refractivity contribution in [2.24, 2.45) is 0 Å². The average Bonchev–Trinajstić information content (AvgIpc) is 3.12. The number of hydrogen-bond acceptors (Lipinski definition) is 5. The van der Waals surface area contributed by atoms with E-state index in [0.717, 1.165) is 0 Å². The van der Waals surface area contributed by atoms with Crippen molar-refractivity contribution >= 4 is 49.5 Å². The molecule has 2 aromatic carbocycles. The molecule has 3 rings (SSSR count). The maximum Gasteiger partial charge on any atom is 0.270 e. The van der Waals surface area contributed by atoms with Crippen molar-refractivity contribution < 1.29 is 13.3 Å². The SMILES string of the molecule is CCN(CC)S(=O)(=O)c1ccc2nc(C(Cl)=Cc3cccc([N+](=O)[O-])c3)[nH]c2c1. The number of nitro groups is 1. The van der Waals surface area contributed by atoms with Gasteiger partial charge in [-0.2, -0.15) is 4.31 Å². The monoisotopic (exact) mass is 434 g/mol. The van der Waals surface area contributed by atoms with Gasteiger partial charge in [-0.3, -0.25) is 10.1 Å². The third kappa shape index (κ3) is 4.31. The first-order valence-electron chi connectivity index (χ1n) is 8.88. The molecule has 0 aliphatic carbocycles. The number of nitrogens with one attached hydrogen (secondary N) is 1. The average molecular weight is 435 g/mol. The Morgan fingerprint density at radius 3 is 2.62 bits per heavy atom. The second-order valence-corrected chi connectivity index (χ2v) is 8.54. The molecule has 0 radical (unpaired) electrons. The molecule has 0 amide bonds. The highest BCUT2D eigenvalue weighted by molar-refractivity contribution is 7.89. The first-order valence-corrected chi connectivity index (χ1v) is 10.7. The third-order valence-electron chi connectivity index (χ3n) is 4.40. The Bertz CT molecular complexity index is 1200. The van der Waals surface area contributed by atoms with Gasteiger partial charge in [0.25, 0.3) is 5.69 Å². The summed E-state index contributed by atoms with van der Waals surface area (Å²) in [4.78, 5) is 18.0. The summed E-state index contributed by atoms with van der Waals surface area (Å²) in [6.45, 7) is 4.32. The van der Waals surface area contributed by atoms with Crippen LogP contribution in [0.2, 0.25) is 0 Å². The topological polar surface area (TPSA) is 109 Å². The van der Waals surface area contributed by atoms with Crippen molar-refractivity contribution in [1.82, 2.24) is 14.3 Å². The Kier molecular flexibility index (Phi) is 6.02. The molecule has 8 nitrogen and oxygen atoms in total. The van der Waals surface area contributed by atoms with Crippen LogP contribution in [0, 0.1) is 10.1 Å². The molecule has 29 heavy (non-hydrogen) atoms. The van der Waals surface area contributed by atoms with Crippen molar-refractivity contribution in [1.29, 1.82) is 0 Å². The van der Waals surface area contributed by atoms with Crippen molar-refractivity contribution in [3.05, 3.63) is 64.0 Å². The fourth-order valence-corrected chi connectivity index (χ4v) is 4.62. The Hall–Kier alpha value is -2.75. The maximum atomic E-state index is 12.7. The normalized spacial score (nSPS) is 12.6. The Labute approximate surface area is 173 Å². The Morgan fingerprint density at radius 2 is 1.97 bits per heavy atom. The second kappa shape index (κ2) is 8.32. The van der Waals surface area contributed by atoms with Crippen molar-refractivity contribution in [2.45, 2.75) is 18.7 Å². The highest BCUT2D eigenvalue weighted by Gasteiger charge is 2.22. The van der Waals surface area contributed by atoms with Crippen molar-refractivity contribution in [2.75, 3.05) is 13.1 Å². The summed E-state index contributed by atoms with van der Waals surface area (Å²) in [5.74, 6) is 0.338. The van der Waals surface area contributed by atoms with Crippen molar-refractivity contribution in [3.63, 3.8) is 0 Å². The van der Waals surface area contributed by atoms with Crippen LogP contribution in [0.4, 0.5) is 5.69 Å². The fraction of sp³-hybridized carbons (Fsp3) is 0.211. The van der Waals surface area contributed by atoms with Gasteiger partial charge in [0, 0.05) is 25.2 Å². The molecule has 1 aromatic heterocycles. The molecule has 1 heterocycles. The molecule has 0 fully saturated rings. The van der Waals surface area contributed by atoms with Gasteiger partial charge >= 0.3 is 0 Å². The lowest BCUT2D eigenvalue weighted by Gasteiger charge is -2.18. The molecule has 0 saturated heterocycles. The molecule has 152 valence electrons. The van der Waals surface area contributed by atoms with Gasteiger partial charge in [-0.25, -0.2) is 13.4 Å². The molecule has 0 atom stereocenters. The summed E-state index contributed by atoms with van der Waals surface area (Å²) in [6, 6.07) is 10.7. The van der Waals surface area contributed by atoms with Gasteiger partial charge in [-0.15, -0.1) is 0 Å². The van der Waals surface area contributed by atoms with Crippen LogP contribution in [0.15, 0.2) is 47.4 Å². The summed E-state index contributed by atoms with van der Waals surface area (Å²) < 4.78 is 26.8.